The highest BCUT2D eigenvalue weighted by Crippen LogP contribution is 2.19. The van der Waals surface area contributed by atoms with Crippen LogP contribution in [0.2, 0.25) is 0 Å². The Morgan fingerprint density at radius 2 is 1.90 bits per heavy atom. The van der Waals surface area contributed by atoms with E-state index in [0.717, 1.165) is 18.5 Å². The minimum absolute atomic E-state index is 0.0143. The smallest absolute Gasteiger partial charge is 0.344 e. The predicted octanol–water partition coefficient (Wildman–Crippen LogP) is 1.22. The molecule has 2 aliphatic heterocycles. The molecule has 2 N–H and O–H groups in total. The molecule has 2 aromatic rings. The average molecular weight is 447 g/mol. The van der Waals surface area contributed by atoms with Gasteiger partial charge in [-0.1, -0.05) is 30.0 Å². The summed E-state index contributed by atoms with van der Waals surface area (Å²) in [5, 5.41) is 9.87. The first kappa shape index (κ1) is 21.4. The number of anilines is 1. The van der Waals surface area contributed by atoms with Crippen LogP contribution in [0, 0.1) is 0 Å². The summed E-state index contributed by atoms with van der Waals surface area (Å²) in [4.78, 5) is 40.5. The van der Waals surface area contributed by atoms with E-state index in [-0.39, 0.29) is 29.5 Å². The number of nitrogens with one attached hydrogen (secondary N) is 2. The van der Waals surface area contributed by atoms with Crippen molar-refractivity contribution >= 4 is 29.4 Å². The van der Waals surface area contributed by atoms with Gasteiger partial charge in [0.1, 0.15) is 0 Å². The summed E-state index contributed by atoms with van der Waals surface area (Å²) >= 11 is 1.24. The second-order valence-corrected chi connectivity index (χ2v) is 8.45. The molecule has 3 heterocycles. The van der Waals surface area contributed by atoms with Crippen LogP contribution >= 0.6 is 11.8 Å². The number of aromatic nitrogens is 3. The number of para-hydroxylation sites is 1. The monoisotopic (exact) mass is 446 g/mol. The summed E-state index contributed by atoms with van der Waals surface area (Å²) in [6.07, 6.45) is 1.93. The second-order valence-electron chi connectivity index (χ2n) is 7.51. The van der Waals surface area contributed by atoms with Crippen molar-refractivity contribution in [3.63, 3.8) is 0 Å². The Labute approximate surface area is 183 Å². The number of urea groups is 1. The van der Waals surface area contributed by atoms with Crippen LogP contribution in [0.5, 0.6) is 0 Å². The topological polar surface area (TPSA) is 113 Å². The lowest BCUT2D eigenvalue weighted by molar-refractivity contribution is -0.129. The standard InChI is InChI=1S/C20H26N6O4S/c27-17(14-31-20-23-22-19(29)26(20)13-16-7-4-12-30-16)24-8-10-25(11-9-24)18(28)21-15-5-2-1-3-6-15/h1-3,5-6,16H,4,7-14H2,(H,21,28)(H,22,29). The SMILES string of the molecule is O=C(CSc1n[nH]c(=O)n1CC1CCCO1)N1CCN(C(=O)Nc2ccccc2)CC1. The van der Waals surface area contributed by atoms with Gasteiger partial charge in [-0.25, -0.2) is 14.7 Å². The zero-order chi connectivity index (χ0) is 21.6. The van der Waals surface area contributed by atoms with E-state index in [1.165, 1.54) is 11.8 Å². The van der Waals surface area contributed by atoms with E-state index < -0.39 is 0 Å². The van der Waals surface area contributed by atoms with E-state index in [1.807, 2.05) is 30.3 Å². The fourth-order valence-electron chi connectivity index (χ4n) is 3.67. The molecule has 0 radical (unpaired) electrons. The number of nitrogens with zero attached hydrogens (tertiary/aromatic N) is 4. The van der Waals surface area contributed by atoms with Gasteiger partial charge in [0.15, 0.2) is 5.16 Å². The van der Waals surface area contributed by atoms with Crippen molar-refractivity contribution in [3.05, 3.63) is 40.8 Å². The number of aromatic amines is 1. The molecule has 0 bridgehead atoms. The molecular formula is C20H26N6O4S. The number of amides is 3. The second kappa shape index (κ2) is 10.0. The van der Waals surface area contributed by atoms with Gasteiger partial charge in [-0.15, -0.1) is 5.10 Å². The average Bonchev–Trinajstić information content (AvgIpc) is 3.43. The fourth-order valence-corrected chi connectivity index (χ4v) is 4.53. The summed E-state index contributed by atoms with van der Waals surface area (Å²) in [7, 11) is 0. The zero-order valence-corrected chi connectivity index (χ0v) is 18.0. The van der Waals surface area contributed by atoms with Crippen molar-refractivity contribution in [1.29, 1.82) is 0 Å². The molecule has 3 amide bonds. The van der Waals surface area contributed by atoms with Gasteiger partial charge in [-0.3, -0.25) is 9.36 Å². The van der Waals surface area contributed by atoms with Crippen molar-refractivity contribution in [2.24, 2.45) is 0 Å². The highest BCUT2D eigenvalue weighted by atomic mass is 32.2. The Balaban J connectivity index is 1.24. The summed E-state index contributed by atoms with van der Waals surface area (Å²) < 4.78 is 7.14. The number of hydrogen-bond donors (Lipinski definition) is 2. The van der Waals surface area contributed by atoms with E-state index >= 15 is 0 Å². The Hall–Kier alpha value is -2.79. The van der Waals surface area contributed by atoms with Gasteiger partial charge >= 0.3 is 11.7 Å². The van der Waals surface area contributed by atoms with Gasteiger partial charge in [-0.2, -0.15) is 0 Å². The van der Waals surface area contributed by atoms with Crippen LogP contribution in [0.3, 0.4) is 0 Å². The Bertz CT molecular complexity index is 948. The molecule has 2 saturated heterocycles. The minimum Gasteiger partial charge on any atom is -0.376 e. The van der Waals surface area contributed by atoms with Crippen molar-refractivity contribution < 1.29 is 14.3 Å². The molecule has 166 valence electrons. The van der Waals surface area contributed by atoms with Crippen LogP contribution in [0.25, 0.3) is 0 Å². The summed E-state index contributed by atoms with van der Waals surface area (Å²) in [6.45, 7) is 3.06. The first-order valence-corrected chi connectivity index (χ1v) is 11.4. The van der Waals surface area contributed by atoms with E-state index in [9.17, 15) is 14.4 Å². The molecule has 0 spiro atoms. The quantitative estimate of drug-likeness (QED) is 0.645. The van der Waals surface area contributed by atoms with E-state index in [2.05, 4.69) is 15.5 Å². The summed E-state index contributed by atoms with van der Waals surface area (Å²) in [5.74, 6) is 0.152. The Morgan fingerprint density at radius 1 is 1.16 bits per heavy atom. The molecule has 2 fully saturated rings. The molecule has 0 aliphatic carbocycles. The first-order valence-electron chi connectivity index (χ1n) is 10.4. The lowest BCUT2D eigenvalue weighted by Gasteiger charge is -2.34. The van der Waals surface area contributed by atoms with Crippen molar-refractivity contribution in [1.82, 2.24) is 24.6 Å². The van der Waals surface area contributed by atoms with Gasteiger partial charge in [0.05, 0.1) is 18.4 Å². The maximum atomic E-state index is 12.6. The number of H-pyrrole nitrogens is 1. The molecule has 10 nitrogen and oxygen atoms in total. The van der Waals surface area contributed by atoms with E-state index in [0.29, 0.717) is 44.5 Å². The number of benzene rings is 1. The lowest BCUT2D eigenvalue weighted by atomic mass is 10.2. The molecule has 1 aromatic heterocycles. The third-order valence-electron chi connectivity index (χ3n) is 5.40. The Morgan fingerprint density at radius 3 is 2.61 bits per heavy atom. The van der Waals surface area contributed by atoms with Crippen LogP contribution in [-0.4, -0.2) is 81.1 Å². The van der Waals surface area contributed by atoms with Crippen LogP contribution in [0.4, 0.5) is 10.5 Å². The van der Waals surface area contributed by atoms with Crippen molar-refractivity contribution in [2.75, 3.05) is 43.9 Å². The van der Waals surface area contributed by atoms with Gasteiger partial charge < -0.3 is 19.9 Å². The molecule has 2 aliphatic rings. The van der Waals surface area contributed by atoms with Crippen LogP contribution in [-0.2, 0) is 16.1 Å². The summed E-state index contributed by atoms with van der Waals surface area (Å²) in [6, 6.07) is 9.13. The number of thioether (sulfide) groups is 1. The third kappa shape index (κ3) is 5.47. The largest absolute Gasteiger partial charge is 0.376 e. The molecule has 1 unspecified atom stereocenters. The normalized spacial score (nSPS) is 18.9. The van der Waals surface area contributed by atoms with Crippen LogP contribution < -0.4 is 11.0 Å². The lowest BCUT2D eigenvalue weighted by Crippen LogP contribution is -2.52. The van der Waals surface area contributed by atoms with Crippen LogP contribution in [0.1, 0.15) is 12.8 Å². The number of piperazine rings is 1. The van der Waals surface area contributed by atoms with Gasteiger partial charge in [0.2, 0.25) is 5.91 Å². The number of ether oxygens (including phenoxy) is 1. The maximum Gasteiger partial charge on any atom is 0.344 e. The highest BCUT2D eigenvalue weighted by molar-refractivity contribution is 7.99. The first-order chi connectivity index (χ1) is 15.1. The Kier molecular flexibility index (Phi) is 6.92. The number of rotatable bonds is 6. The number of carbonyl (C=O) groups is 2. The molecular weight excluding hydrogens is 420 g/mol. The van der Waals surface area contributed by atoms with Gasteiger partial charge in [0.25, 0.3) is 0 Å². The fraction of sp³-hybridized carbons (Fsp3) is 0.500. The van der Waals surface area contributed by atoms with Gasteiger partial charge in [0, 0.05) is 38.5 Å². The minimum atomic E-state index is -0.288. The van der Waals surface area contributed by atoms with Gasteiger partial charge in [-0.05, 0) is 25.0 Å². The third-order valence-corrected chi connectivity index (χ3v) is 6.36. The molecule has 1 atom stereocenters. The zero-order valence-electron chi connectivity index (χ0n) is 17.2. The summed E-state index contributed by atoms with van der Waals surface area (Å²) in [5.41, 5.74) is 0.457. The highest BCUT2D eigenvalue weighted by Gasteiger charge is 2.25. The number of hydrogen-bond acceptors (Lipinski definition) is 6. The van der Waals surface area contributed by atoms with E-state index in [4.69, 9.17) is 4.74 Å². The molecule has 11 heteroatoms. The molecule has 0 saturated carbocycles. The molecule has 1 aromatic carbocycles. The molecule has 31 heavy (non-hydrogen) atoms. The predicted molar refractivity (Wildman–Crippen MR) is 116 cm³/mol. The number of carbonyl (C=O) groups excluding carboxylic acids is 2. The van der Waals surface area contributed by atoms with E-state index in [1.54, 1.807) is 14.4 Å². The van der Waals surface area contributed by atoms with Crippen LogP contribution in [0.15, 0.2) is 40.3 Å². The maximum absolute atomic E-state index is 12.6. The van der Waals surface area contributed by atoms with Crippen molar-refractivity contribution in [3.8, 4) is 0 Å². The molecule has 4 rings (SSSR count). The van der Waals surface area contributed by atoms with Crippen molar-refractivity contribution in [2.45, 2.75) is 30.6 Å².